The molecule has 0 spiro atoms. The summed E-state index contributed by atoms with van der Waals surface area (Å²) in [6.07, 6.45) is 2.53. The Kier molecular flexibility index (Phi) is 3.02. The highest BCUT2D eigenvalue weighted by atomic mass is 16.5. The van der Waals surface area contributed by atoms with Gasteiger partial charge in [-0.15, -0.1) is 0 Å². The van der Waals surface area contributed by atoms with Crippen molar-refractivity contribution in [1.29, 1.82) is 0 Å². The summed E-state index contributed by atoms with van der Waals surface area (Å²) in [5.74, 6) is 1.44. The second kappa shape index (κ2) is 4.28. The zero-order valence-electron chi connectivity index (χ0n) is 9.03. The molecule has 0 radical (unpaired) electrons. The number of aromatic nitrogens is 2. The van der Waals surface area contributed by atoms with Crippen LogP contribution < -0.4 is 5.73 Å². The summed E-state index contributed by atoms with van der Waals surface area (Å²) in [5, 5.41) is 3.92. The second-order valence-electron chi connectivity index (χ2n) is 3.97. The van der Waals surface area contributed by atoms with Gasteiger partial charge < -0.3 is 15.0 Å². The van der Waals surface area contributed by atoms with E-state index in [4.69, 9.17) is 15.0 Å². The van der Waals surface area contributed by atoms with E-state index >= 15 is 0 Å². The molecule has 84 valence electrons. The fourth-order valence-corrected chi connectivity index (χ4v) is 1.88. The largest absolute Gasteiger partial charge is 0.381 e. The SMILES string of the molecule is CCc1noc(C2(CN)CCOCC2)n1. The van der Waals surface area contributed by atoms with Gasteiger partial charge in [0.15, 0.2) is 5.82 Å². The van der Waals surface area contributed by atoms with Gasteiger partial charge in [0.2, 0.25) is 5.89 Å². The van der Waals surface area contributed by atoms with E-state index in [0.29, 0.717) is 12.4 Å². The molecule has 5 nitrogen and oxygen atoms in total. The first-order valence-corrected chi connectivity index (χ1v) is 5.41. The molecule has 5 heteroatoms. The molecule has 0 atom stereocenters. The third-order valence-corrected chi connectivity index (χ3v) is 3.08. The molecule has 1 fully saturated rings. The molecule has 1 aliphatic heterocycles. The summed E-state index contributed by atoms with van der Waals surface area (Å²) in [7, 11) is 0. The molecular weight excluding hydrogens is 194 g/mol. The molecule has 1 aromatic heterocycles. The molecule has 1 saturated heterocycles. The number of nitrogens with two attached hydrogens (primary N) is 1. The first kappa shape index (κ1) is 10.6. The molecule has 0 saturated carbocycles. The van der Waals surface area contributed by atoms with Crippen molar-refractivity contribution in [2.45, 2.75) is 31.6 Å². The minimum atomic E-state index is -0.154. The number of hydrogen-bond donors (Lipinski definition) is 1. The van der Waals surface area contributed by atoms with Crippen LogP contribution in [0.5, 0.6) is 0 Å². The monoisotopic (exact) mass is 211 g/mol. The molecule has 0 bridgehead atoms. The Morgan fingerprint density at radius 1 is 1.40 bits per heavy atom. The van der Waals surface area contributed by atoms with Gasteiger partial charge in [0, 0.05) is 26.2 Å². The second-order valence-corrected chi connectivity index (χ2v) is 3.97. The van der Waals surface area contributed by atoms with E-state index in [2.05, 4.69) is 10.1 Å². The third-order valence-electron chi connectivity index (χ3n) is 3.08. The molecule has 0 unspecified atom stereocenters. The van der Waals surface area contributed by atoms with E-state index < -0.39 is 0 Å². The standard InChI is InChI=1S/C10H17N3O2/c1-2-8-12-9(15-13-8)10(7-11)3-5-14-6-4-10/h2-7,11H2,1H3. The predicted molar refractivity (Wildman–Crippen MR) is 54.5 cm³/mol. The van der Waals surface area contributed by atoms with Gasteiger partial charge in [0.1, 0.15) is 0 Å². The van der Waals surface area contributed by atoms with Crippen LogP contribution in [-0.4, -0.2) is 29.9 Å². The maximum absolute atomic E-state index is 5.84. The van der Waals surface area contributed by atoms with Crippen LogP contribution in [0.15, 0.2) is 4.52 Å². The van der Waals surface area contributed by atoms with Gasteiger partial charge in [-0.2, -0.15) is 4.98 Å². The average molecular weight is 211 g/mol. The minimum absolute atomic E-state index is 0.154. The maximum Gasteiger partial charge on any atom is 0.234 e. The van der Waals surface area contributed by atoms with Crippen molar-refractivity contribution in [1.82, 2.24) is 10.1 Å². The van der Waals surface area contributed by atoms with Gasteiger partial charge in [-0.3, -0.25) is 0 Å². The van der Waals surface area contributed by atoms with E-state index in [1.807, 2.05) is 6.92 Å². The van der Waals surface area contributed by atoms with Crippen molar-refractivity contribution in [3.8, 4) is 0 Å². The number of nitrogens with zero attached hydrogens (tertiary/aromatic N) is 2. The predicted octanol–water partition coefficient (Wildman–Crippen LogP) is 0.639. The maximum atomic E-state index is 5.84. The quantitative estimate of drug-likeness (QED) is 0.794. The number of rotatable bonds is 3. The van der Waals surface area contributed by atoms with Gasteiger partial charge in [-0.05, 0) is 12.8 Å². The highest BCUT2D eigenvalue weighted by Gasteiger charge is 2.38. The Bertz CT molecular complexity index is 318. The molecule has 0 aromatic carbocycles. The van der Waals surface area contributed by atoms with Crippen LogP contribution in [0.1, 0.15) is 31.5 Å². The zero-order valence-corrected chi connectivity index (χ0v) is 9.03. The van der Waals surface area contributed by atoms with Crippen molar-refractivity contribution in [3.05, 3.63) is 11.7 Å². The summed E-state index contributed by atoms with van der Waals surface area (Å²) in [6.45, 7) is 4.00. The average Bonchev–Trinajstić information content (AvgIpc) is 2.79. The molecule has 2 heterocycles. The summed E-state index contributed by atoms with van der Waals surface area (Å²) in [5.41, 5.74) is 5.68. The summed E-state index contributed by atoms with van der Waals surface area (Å²) < 4.78 is 10.6. The van der Waals surface area contributed by atoms with E-state index in [9.17, 15) is 0 Å². The lowest BCUT2D eigenvalue weighted by molar-refractivity contribution is 0.0409. The van der Waals surface area contributed by atoms with Crippen LogP contribution in [0, 0.1) is 0 Å². The van der Waals surface area contributed by atoms with E-state index in [1.54, 1.807) is 0 Å². The molecule has 2 N–H and O–H groups in total. The fraction of sp³-hybridized carbons (Fsp3) is 0.800. The summed E-state index contributed by atoms with van der Waals surface area (Å²) in [6, 6.07) is 0. The first-order chi connectivity index (χ1) is 7.30. The van der Waals surface area contributed by atoms with Crippen LogP contribution in [0.25, 0.3) is 0 Å². The molecule has 0 amide bonds. The van der Waals surface area contributed by atoms with Crippen molar-refractivity contribution >= 4 is 0 Å². The Morgan fingerprint density at radius 3 is 2.67 bits per heavy atom. The highest BCUT2D eigenvalue weighted by molar-refractivity contribution is 5.07. The van der Waals surface area contributed by atoms with Crippen LogP contribution >= 0.6 is 0 Å². The topological polar surface area (TPSA) is 74.2 Å². The Morgan fingerprint density at radius 2 is 2.13 bits per heavy atom. The Labute approximate surface area is 89.0 Å². The number of aryl methyl sites for hydroxylation is 1. The fourth-order valence-electron chi connectivity index (χ4n) is 1.88. The highest BCUT2D eigenvalue weighted by Crippen LogP contribution is 2.32. The van der Waals surface area contributed by atoms with Crippen molar-refractivity contribution < 1.29 is 9.26 Å². The van der Waals surface area contributed by atoms with E-state index in [1.165, 1.54) is 0 Å². The Balaban J connectivity index is 2.24. The molecule has 2 rings (SSSR count). The van der Waals surface area contributed by atoms with Gasteiger partial charge in [0.25, 0.3) is 0 Å². The third kappa shape index (κ3) is 1.89. The number of ether oxygens (including phenoxy) is 1. The lowest BCUT2D eigenvalue weighted by Gasteiger charge is -2.32. The van der Waals surface area contributed by atoms with Crippen molar-refractivity contribution in [2.24, 2.45) is 5.73 Å². The summed E-state index contributed by atoms with van der Waals surface area (Å²) >= 11 is 0. The van der Waals surface area contributed by atoms with Crippen LogP contribution in [0.2, 0.25) is 0 Å². The van der Waals surface area contributed by atoms with Crippen LogP contribution in [0.3, 0.4) is 0 Å². The van der Waals surface area contributed by atoms with E-state index in [0.717, 1.165) is 38.3 Å². The lowest BCUT2D eigenvalue weighted by atomic mass is 9.80. The summed E-state index contributed by atoms with van der Waals surface area (Å²) in [4.78, 5) is 4.38. The van der Waals surface area contributed by atoms with Crippen LogP contribution in [0.4, 0.5) is 0 Å². The van der Waals surface area contributed by atoms with Gasteiger partial charge in [-0.1, -0.05) is 12.1 Å². The zero-order chi connectivity index (χ0) is 10.7. The first-order valence-electron chi connectivity index (χ1n) is 5.41. The smallest absolute Gasteiger partial charge is 0.234 e. The molecule has 0 aliphatic carbocycles. The molecular formula is C10H17N3O2. The van der Waals surface area contributed by atoms with Gasteiger partial charge in [-0.25, -0.2) is 0 Å². The molecule has 1 aliphatic rings. The Hall–Kier alpha value is -0.940. The minimum Gasteiger partial charge on any atom is -0.381 e. The van der Waals surface area contributed by atoms with E-state index in [-0.39, 0.29) is 5.41 Å². The van der Waals surface area contributed by atoms with Gasteiger partial charge in [0.05, 0.1) is 5.41 Å². The molecule has 15 heavy (non-hydrogen) atoms. The van der Waals surface area contributed by atoms with Crippen LogP contribution in [-0.2, 0) is 16.6 Å². The number of hydrogen-bond acceptors (Lipinski definition) is 5. The van der Waals surface area contributed by atoms with Crippen molar-refractivity contribution in [3.63, 3.8) is 0 Å². The lowest BCUT2D eigenvalue weighted by Crippen LogP contribution is -2.40. The van der Waals surface area contributed by atoms with Crippen molar-refractivity contribution in [2.75, 3.05) is 19.8 Å². The van der Waals surface area contributed by atoms with Gasteiger partial charge >= 0.3 is 0 Å². The molecule has 1 aromatic rings. The normalized spacial score (nSPS) is 20.4.